The molecule has 32 heavy (non-hydrogen) atoms. The van der Waals surface area contributed by atoms with Crippen LogP contribution in [0.4, 0.5) is 4.39 Å². The maximum atomic E-state index is 14.8. The van der Waals surface area contributed by atoms with Crippen molar-refractivity contribution in [3.63, 3.8) is 0 Å². The van der Waals surface area contributed by atoms with E-state index in [-0.39, 0.29) is 23.2 Å². The SMILES string of the molecule is O=C1C(=O)N(Cc2ccco2)[C@H](c2ccccc2F)C1=C(O)c1ccc2c(c1)OCCO2. The lowest BCUT2D eigenvalue weighted by Gasteiger charge is -2.25. The number of hydrogen-bond donors (Lipinski definition) is 1. The Kier molecular flexibility index (Phi) is 4.89. The number of hydrogen-bond acceptors (Lipinski definition) is 6. The van der Waals surface area contributed by atoms with Crippen LogP contribution in [0.25, 0.3) is 5.76 Å². The summed E-state index contributed by atoms with van der Waals surface area (Å²) in [5.41, 5.74) is 0.146. The minimum Gasteiger partial charge on any atom is -0.507 e. The zero-order valence-corrected chi connectivity index (χ0v) is 16.8. The number of halogens is 1. The predicted octanol–water partition coefficient (Wildman–Crippen LogP) is 3.81. The molecule has 5 rings (SSSR count). The summed E-state index contributed by atoms with van der Waals surface area (Å²) in [5, 5.41) is 11.1. The Morgan fingerprint density at radius 3 is 2.56 bits per heavy atom. The van der Waals surface area contributed by atoms with Crippen LogP contribution in [0.3, 0.4) is 0 Å². The Labute approximate surface area is 182 Å². The molecule has 0 spiro atoms. The smallest absolute Gasteiger partial charge is 0.296 e. The van der Waals surface area contributed by atoms with Gasteiger partial charge >= 0.3 is 0 Å². The zero-order chi connectivity index (χ0) is 22.2. The van der Waals surface area contributed by atoms with E-state index in [1.807, 2.05) is 0 Å². The van der Waals surface area contributed by atoms with E-state index in [1.165, 1.54) is 35.4 Å². The average Bonchev–Trinajstić information content (AvgIpc) is 3.41. The van der Waals surface area contributed by atoms with Gasteiger partial charge in [-0.1, -0.05) is 18.2 Å². The number of Topliss-reactive ketones (excluding diaryl/α,β-unsaturated/α-hetero) is 1. The number of furan rings is 1. The number of likely N-dealkylation sites (tertiary alicyclic amines) is 1. The van der Waals surface area contributed by atoms with E-state index < -0.39 is 29.3 Å². The van der Waals surface area contributed by atoms with E-state index in [1.54, 1.807) is 30.3 Å². The van der Waals surface area contributed by atoms with Crippen LogP contribution in [0.2, 0.25) is 0 Å². The molecule has 3 heterocycles. The molecule has 0 aliphatic carbocycles. The molecule has 2 aromatic carbocycles. The third kappa shape index (κ3) is 3.30. The fourth-order valence-electron chi connectivity index (χ4n) is 3.98. The molecule has 1 aromatic heterocycles. The van der Waals surface area contributed by atoms with E-state index in [2.05, 4.69) is 0 Å². The quantitative estimate of drug-likeness (QED) is 0.381. The molecule has 1 N–H and O–H groups in total. The number of carbonyl (C=O) groups is 2. The third-order valence-electron chi connectivity index (χ3n) is 5.46. The molecule has 1 fully saturated rings. The highest BCUT2D eigenvalue weighted by molar-refractivity contribution is 6.46. The van der Waals surface area contributed by atoms with Crippen molar-refractivity contribution in [2.24, 2.45) is 0 Å². The lowest BCUT2D eigenvalue weighted by atomic mass is 9.94. The average molecular weight is 435 g/mol. The van der Waals surface area contributed by atoms with Crippen molar-refractivity contribution in [3.05, 3.63) is 89.1 Å². The van der Waals surface area contributed by atoms with Crippen molar-refractivity contribution in [2.45, 2.75) is 12.6 Å². The molecule has 7 nitrogen and oxygen atoms in total. The summed E-state index contributed by atoms with van der Waals surface area (Å²) in [5.74, 6) is -1.43. The maximum Gasteiger partial charge on any atom is 0.296 e. The summed E-state index contributed by atoms with van der Waals surface area (Å²) in [6.07, 6.45) is 1.44. The first-order valence-corrected chi connectivity index (χ1v) is 10.00. The molecule has 2 aliphatic heterocycles. The minimum absolute atomic E-state index is 0.0610. The van der Waals surface area contributed by atoms with Crippen LogP contribution >= 0.6 is 0 Å². The molecule has 0 radical (unpaired) electrons. The first kappa shape index (κ1) is 19.9. The van der Waals surface area contributed by atoms with Crippen LogP contribution in [0, 0.1) is 5.82 Å². The monoisotopic (exact) mass is 435 g/mol. The Morgan fingerprint density at radius 1 is 1.03 bits per heavy atom. The molecule has 0 saturated carbocycles. The highest BCUT2D eigenvalue weighted by Crippen LogP contribution is 2.42. The van der Waals surface area contributed by atoms with Crippen LogP contribution in [-0.4, -0.2) is 34.9 Å². The fourth-order valence-corrected chi connectivity index (χ4v) is 3.98. The summed E-state index contributed by atoms with van der Waals surface area (Å²) in [6.45, 7) is 0.692. The standard InChI is InChI=1S/C24H18FNO6/c25-17-6-2-1-5-16(17)21-20(23(28)24(29)26(21)13-15-4-3-9-30-15)22(27)14-7-8-18-19(12-14)32-11-10-31-18/h1-9,12,21,27H,10-11,13H2/t21-/m1/s1. The number of ketones is 1. The maximum absolute atomic E-state index is 14.8. The summed E-state index contributed by atoms with van der Waals surface area (Å²) >= 11 is 0. The second-order valence-electron chi connectivity index (χ2n) is 7.39. The largest absolute Gasteiger partial charge is 0.507 e. The van der Waals surface area contributed by atoms with Crippen LogP contribution in [-0.2, 0) is 16.1 Å². The van der Waals surface area contributed by atoms with Gasteiger partial charge in [-0.25, -0.2) is 4.39 Å². The van der Waals surface area contributed by atoms with Gasteiger partial charge in [-0.05, 0) is 36.4 Å². The van der Waals surface area contributed by atoms with Crippen molar-refractivity contribution < 1.29 is 33.0 Å². The lowest BCUT2D eigenvalue weighted by Crippen LogP contribution is -2.29. The minimum atomic E-state index is -1.13. The van der Waals surface area contributed by atoms with Gasteiger partial charge in [-0.15, -0.1) is 0 Å². The number of aliphatic hydroxyl groups excluding tert-OH is 1. The van der Waals surface area contributed by atoms with Crippen molar-refractivity contribution >= 4 is 17.4 Å². The molecule has 1 saturated heterocycles. The van der Waals surface area contributed by atoms with E-state index in [0.29, 0.717) is 30.5 Å². The molecule has 0 unspecified atom stereocenters. The van der Waals surface area contributed by atoms with Crippen molar-refractivity contribution in [2.75, 3.05) is 13.2 Å². The number of ether oxygens (including phenoxy) is 2. The van der Waals surface area contributed by atoms with Crippen LogP contribution in [0.1, 0.15) is 22.9 Å². The van der Waals surface area contributed by atoms with Crippen LogP contribution < -0.4 is 9.47 Å². The molecule has 2 aliphatic rings. The molecule has 1 atom stereocenters. The fraction of sp³-hybridized carbons (Fsp3) is 0.167. The summed E-state index contributed by atoms with van der Waals surface area (Å²) in [7, 11) is 0. The van der Waals surface area contributed by atoms with E-state index in [9.17, 15) is 19.1 Å². The van der Waals surface area contributed by atoms with Gasteiger partial charge in [0.15, 0.2) is 11.5 Å². The summed E-state index contributed by atoms with van der Waals surface area (Å²) < 4.78 is 31.2. The Morgan fingerprint density at radius 2 is 1.81 bits per heavy atom. The predicted molar refractivity (Wildman–Crippen MR) is 110 cm³/mol. The van der Waals surface area contributed by atoms with Crippen LogP contribution in [0.5, 0.6) is 11.5 Å². The molecule has 3 aromatic rings. The van der Waals surface area contributed by atoms with Crippen LogP contribution in [0.15, 0.2) is 70.9 Å². The van der Waals surface area contributed by atoms with Crippen molar-refractivity contribution in [1.82, 2.24) is 4.90 Å². The lowest BCUT2D eigenvalue weighted by molar-refractivity contribution is -0.140. The van der Waals surface area contributed by atoms with Gasteiger partial charge in [-0.2, -0.15) is 0 Å². The first-order valence-electron chi connectivity index (χ1n) is 10.00. The van der Waals surface area contributed by atoms with E-state index in [0.717, 1.165) is 0 Å². The molecule has 0 bridgehead atoms. The van der Waals surface area contributed by atoms with Gasteiger partial charge in [0.2, 0.25) is 0 Å². The Balaban J connectivity index is 1.65. The number of benzene rings is 2. The molecule has 8 heteroatoms. The summed E-state index contributed by atoms with van der Waals surface area (Å²) in [6, 6.07) is 12.7. The number of aliphatic hydroxyl groups is 1. The first-order chi connectivity index (χ1) is 15.5. The molecule has 1 amide bonds. The van der Waals surface area contributed by atoms with E-state index >= 15 is 0 Å². The van der Waals surface area contributed by atoms with Gasteiger partial charge in [0.1, 0.15) is 30.6 Å². The second-order valence-corrected chi connectivity index (χ2v) is 7.39. The van der Waals surface area contributed by atoms with Gasteiger partial charge in [-0.3, -0.25) is 9.59 Å². The van der Waals surface area contributed by atoms with Crippen molar-refractivity contribution in [1.29, 1.82) is 0 Å². The highest BCUT2D eigenvalue weighted by atomic mass is 19.1. The second kappa shape index (κ2) is 7.88. The molecular formula is C24H18FNO6. The van der Waals surface area contributed by atoms with E-state index in [4.69, 9.17) is 13.9 Å². The number of carbonyl (C=O) groups excluding carboxylic acids is 2. The van der Waals surface area contributed by atoms with Gasteiger partial charge in [0.25, 0.3) is 11.7 Å². The molecule has 162 valence electrons. The van der Waals surface area contributed by atoms with Gasteiger partial charge in [0, 0.05) is 11.1 Å². The third-order valence-corrected chi connectivity index (χ3v) is 5.46. The van der Waals surface area contributed by atoms with Gasteiger partial charge < -0.3 is 23.9 Å². The topological polar surface area (TPSA) is 89.2 Å². The summed E-state index contributed by atoms with van der Waals surface area (Å²) in [4.78, 5) is 27.1. The Bertz CT molecular complexity index is 1230. The normalized spacial score (nSPS) is 19.4. The van der Waals surface area contributed by atoms with Crippen molar-refractivity contribution in [3.8, 4) is 11.5 Å². The number of amides is 1. The Hall–Kier alpha value is -4.07. The number of fused-ring (bicyclic) bond motifs is 1. The number of nitrogens with zero attached hydrogens (tertiary/aromatic N) is 1. The number of rotatable bonds is 4. The highest BCUT2D eigenvalue weighted by Gasteiger charge is 2.47. The van der Waals surface area contributed by atoms with Gasteiger partial charge in [0.05, 0.1) is 24.4 Å². The zero-order valence-electron chi connectivity index (χ0n) is 16.8. The molecular weight excluding hydrogens is 417 g/mol.